The van der Waals surface area contributed by atoms with Crippen LogP contribution in [-0.2, 0) is 4.79 Å². The van der Waals surface area contributed by atoms with Gasteiger partial charge in [0.15, 0.2) is 6.10 Å². The molecule has 0 aliphatic carbocycles. The van der Waals surface area contributed by atoms with Gasteiger partial charge in [0.1, 0.15) is 5.75 Å². The van der Waals surface area contributed by atoms with Crippen LogP contribution >= 0.6 is 27.5 Å². The zero-order chi connectivity index (χ0) is 12.8. The summed E-state index contributed by atoms with van der Waals surface area (Å²) in [6.45, 7) is 5.63. The number of benzene rings is 1. The number of carbonyl (C=O) groups excluding carboxylic acids is 1. The summed E-state index contributed by atoms with van der Waals surface area (Å²) in [7, 11) is 0. The van der Waals surface area contributed by atoms with Gasteiger partial charge in [-0.25, -0.2) is 0 Å². The Morgan fingerprint density at radius 2 is 2.41 bits per heavy atom. The molecular weight excluding hydrogens is 305 g/mol. The summed E-state index contributed by atoms with van der Waals surface area (Å²) >= 11 is 9.13. The third-order valence-corrected chi connectivity index (χ3v) is 2.84. The van der Waals surface area contributed by atoms with Crippen LogP contribution in [0.4, 0.5) is 0 Å². The monoisotopic (exact) mass is 317 g/mol. The number of carbonyl (C=O) groups is 1. The lowest BCUT2D eigenvalue weighted by atomic mass is 10.3. The molecule has 17 heavy (non-hydrogen) atoms. The molecule has 1 aromatic carbocycles. The lowest BCUT2D eigenvalue weighted by Gasteiger charge is -2.15. The van der Waals surface area contributed by atoms with Crippen molar-refractivity contribution in [3.8, 4) is 5.75 Å². The summed E-state index contributed by atoms with van der Waals surface area (Å²) < 4.78 is 6.22. The molecule has 0 aliphatic rings. The normalized spacial score (nSPS) is 11.7. The molecule has 1 rings (SSSR count). The van der Waals surface area contributed by atoms with Gasteiger partial charge in [0.05, 0.1) is 4.47 Å². The smallest absolute Gasteiger partial charge is 0.261 e. The zero-order valence-electron chi connectivity index (χ0n) is 9.37. The van der Waals surface area contributed by atoms with E-state index in [1.54, 1.807) is 31.2 Å². The number of amides is 1. The van der Waals surface area contributed by atoms with Gasteiger partial charge in [0.25, 0.3) is 5.91 Å². The van der Waals surface area contributed by atoms with Crippen LogP contribution in [0.25, 0.3) is 0 Å². The van der Waals surface area contributed by atoms with E-state index in [1.807, 2.05) is 0 Å². The first kappa shape index (κ1) is 14.1. The predicted octanol–water partition coefficient (Wildman–Crippen LogP) is 3.17. The van der Waals surface area contributed by atoms with Crippen LogP contribution in [0.1, 0.15) is 6.92 Å². The summed E-state index contributed by atoms with van der Waals surface area (Å²) in [5, 5.41) is 3.26. The highest BCUT2D eigenvalue weighted by atomic mass is 79.9. The Morgan fingerprint density at radius 1 is 1.71 bits per heavy atom. The molecule has 0 saturated heterocycles. The van der Waals surface area contributed by atoms with E-state index in [-0.39, 0.29) is 5.91 Å². The molecule has 3 nitrogen and oxygen atoms in total. The van der Waals surface area contributed by atoms with Crippen molar-refractivity contribution in [2.75, 3.05) is 6.54 Å². The molecule has 0 radical (unpaired) electrons. The second kappa shape index (κ2) is 6.67. The predicted molar refractivity (Wildman–Crippen MR) is 72.4 cm³/mol. The Labute approximate surface area is 114 Å². The van der Waals surface area contributed by atoms with Crippen molar-refractivity contribution in [3.63, 3.8) is 0 Å². The third-order valence-electron chi connectivity index (χ3n) is 1.99. The van der Waals surface area contributed by atoms with Gasteiger partial charge in [0, 0.05) is 11.6 Å². The summed E-state index contributed by atoms with van der Waals surface area (Å²) in [6, 6.07) is 5.13. The summed E-state index contributed by atoms with van der Waals surface area (Å²) in [4.78, 5) is 11.6. The molecule has 0 fully saturated rings. The fourth-order valence-electron chi connectivity index (χ4n) is 1.13. The fraction of sp³-hybridized carbons (Fsp3) is 0.250. The zero-order valence-corrected chi connectivity index (χ0v) is 11.7. The van der Waals surface area contributed by atoms with Gasteiger partial charge in [-0.1, -0.05) is 17.7 Å². The lowest BCUT2D eigenvalue weighted by Crippen LogP contribution is -2.36. The molecule has 0 heterocycles. The van der Waals surface area contributed by atoms with Gasteiger partial charge in [-0.15, -0.1) is 6.58 Å². The number of rotatable bonds is 5. The largest absolute Gasteiger partial charge is 0.480 e. The van der Waals surface area contributed by atoms with E-state index in [0.29, 0.717) is 21.8 Å². The van der Waals surface area contributed by atoms with E-state index >= 15 is 0 Å². The molecule has 5 heteroatoms. The van der Waals surface area contributed by atoms with Gasteiger partial charge in [-0.2, -0.15) is 0 Å². The second-order valence-corrected chi connectivity index (χ2v) is 4.66. The first-order valence-electron chi connectivity index (χ1n) is 5.05. The van der Waals surface area contributed by atoms with Crippen molar-refractivity contribution in [1.82, 2.24) is 5.32 Å². The van der Waals surface area contributed by atoms with Gasteiger partial charge in [-0.3, -0.25) is 4.79 Å². The first-order chi connectivity index (χ1) is 8.04. The van der Waals surface area contributed by atoms with Gasteiger partial charge < -0.3 is 10.1 Å². The highest BCUT2D eigenvalue weighted by Gasteiger charge is 2.14. The van der Waals surface area contributed by atoms with Crippen LogP contribution in [-0.4, -0.2) is 18.6 Å². The minimum absolute atomic E-state index is 0.188. The molecule has 92 valence electrons. The van der Waals surface area contributed by atoms with Crippen LogP contribution in [0.2, 0.25) is 5.02 Å². The van der Waals surface area contributed by atoms with Gasteiger partial charge in [-0.05, 0) is 41.1 Å². The molecule has 1 atom stereocenters. The first-order valence-corrected chi connectivity index (χ1v) is 6.22. The van der Waals surface area contributed by atoms with E-state index in [1.165, 1.54) is 0 Å². The molecule has 0 saturated carbocycles. The summed E-state index contributed by atoms with van der Waals surface area (Å²) in [5.41, 5.74) is 0. The standard InChI is InChI=1S/C12H13BrClNO2/c1-3-6-15-12(16)8(2)17-11-5-4-9(14)7-10(11)13/h3-5,7-8H,1,6H2,2H3,(H,15,16). The number of ether oxygens (including phenoxy) is 1. The molecule has 1 N–H and O–H groups in total. The minimum atomic E-state index is -0.576. The SMILES string of the molecule is C=CCNC(=O)C(C)Oc1ccc(Cl)cc1Br. The third kappa shape index (κ3) is 4.40. The molecule has 1 amide bonds. The fourth-order valence-corrected chi connectivity index (χ4v) is 1.91. The Hall–Kier alpha value is -1.000. The highest BCUT2D eigenvalue weighted by molar-refractivity contribution is 9.10. The van der Waals surface area contributed by atoms with Crippen molar-refractivity contribution in [3.05, 3.63) is 40.3 Å². The second-order valence-electron chi connectivity index (χ2n) is 3.37. The van der Waals surface area contributed by atoms with Crippen molar-refractivity contribution < 1.29 is 9.53 Å². The number of halogens is 2. The lowest BCUT2D eigenvalue weighted by molar-refractivity contribution is -0.127. The van der Waals surface area contributed by atoms with Gasteiger partial charge in [0.2, 0.25) is 0 Å². The van der Waals surface area contributed by atoms with Crippen molar-refractivity contribution in [2.45, 2.75) is 13.0 Å². The van der Waals surface area contributed by atoms with Crippen LogP contribution in [0.15, 0.2) is 35.3 Å². The van der Waals surface area contributed by atoms with Crippen LogP contribution < -0.4 is 10.1 Å². The quantitative estimate of drug-likeness (QED) is 0.847. The Morgan fingerprint density at radius 3 is 3.00 bits per heavy atom. The minimum Gasteiger partial charge on any atom is -0.480 e. The summed E-state index contributed by atoms with van der Waals surface area (Å²) in [5.74, 6) is 0.391. The number of nitrogens with one attached hydrogen (secondary N) is 1. The van der Waals surface area contributed by atoms with Crippen molar-refractivity contribution in [1.29, 1.82) is 0 Å². The van der Waals surface area contributed by atoms with Crippen molar-refractivity contribution in [2.24, 2.45) is 0 Å². The highest BCUT2D eigenvalue weighted by Crippen LogP contribution is 2.28. The van der Waals surface area contributed by atoms with E-state index in [4.69, 9.17) is 16.3 Å². The van der Waals surface area contributed by atoms with E-state index < -0.39 is 6.10 Å². The van der Waals surface area contributed by atoms with E-state index in [0.717, 1.165) is 0 Å². The van der Waals surface area contributed by atoms with Crippen LogP contribution in [0.5, 0.6) is 5.75 Å². The average Bonchev–Trinajstić information content (AvgIpc) is 2.29. The van der Waals surface area contributed by atoms with E-state index in [2.05, 4.69) is 27.8 Å². The molecule has 0 bridgehead atoms. The van der Waals surface area contributed by atoms with E-state index in [9.17, 15) is 4.79 Å². The van der Waals surface area contributed by atoms with Gasteiger partial charge >= 0.3 is 0 Å². The maximum Gasteiger partial charge on any atom is 0.261 e. The molecule has 1 aromatic rings. The number of hydrogen-bond acceptors (Lipinski definition) is 2. The molecule has 0 spiro atoms. The van der Waals surface area contributed by atoms with Crippen molar-refractivity contribution >= 4 is 33.4 Å². The molecular formula is C12H13BrClNO2. The Kier molecular flexibility index (Phi) is 5.51. The Balaban J connectivity index is 2.64. The molecule has 1 unspecified atom stereocenters. The average molecular weight is 319 g/mol. The Bertz CT molecular complexity index is 423. The maximum atomic E-state index is 11.6. The van der Waals surface area contributed by atoms with Crippen LogP contribution in [0, 0.1) is 0 Å². The topological polar surface area (TPSA) is 38.3 Å². The molecule has 0 aliphatic heterocycles. The summed E-state index contributed by atoms with van der Waals surface area (Å²) in [6.07, 6.45) is 1.04. The maximum absolute atomic E-state index is 11.6. The molecule has 0 aromatic heterocycles. The number of hydrogen-bond donors (Lipinski definition) is 1. The van der Waals surface area contributed by atoms with Crippen LogP contribution in [0.3, 0.4) is 0 Å².